The second-order valence-electron chi connectivity index (χ2n) is 6.75. The summed E-state index contributed by atoms with van der Waals surface area (Å²) in [6.45, 7) is 0. The van der Waals surface area contributed by atoms with E-state index in [1.165, 1.54) is 10.7 Å². The molecule has 3 nitrogen and oxygen atoms in total. The number of benzene rings is 3. The Morgan fingerprint density at radius 3 is 1.33 bits per heavy atom. The van der Waals surface area contributed by atoms with Gasteiger partial charge in [-0.25, -0.2) is 0 Å². The Morgan fingerprint density at radius 1 is 0.630 bits per heavy atom. The first-order chi connectivity index (χ1) is 13.0. The fourth-order valence-electron chi connectivity index (χ4n) is 3.78. The summed E-state index contributed by atoms with van der Waals surface area (Å²) < 4.78 is 36.5. The van der Waals surface area contributed by atoms with Gasteiger partial charge < -0.3 is 0 Å². The van der Waals surface area contributed by atoms with Gasteiger partial charge in [0.2, 0.25) is 0 Å². The zero-order valence-electron chi connectivity index (χ0n) is 15.2. The summed E-state index contributed by atoms with van der Waals surface area (Å²) in [7, 11) is -3.91. The molecule has 0 radical (unpaired) electrons. The van der Waals surface area contributed by atoms with E-state index in [1.54, 1.807) is 0 Å². The molecule has 1 N–H and O–H groups in total. The van der Waals surface area contributed by atoms with Crippen LogP contribution < -0.4 is 10.7 Å². The molecule has 0 heterocycles. The minimum absolute atomic E-state index is 0.173. The predicted molar refractivity (Wildman–Crippen MR) is 114 cm³/mol. The maximum absolute atomic E-state index is 11.1. The molecule has 0 aromatic heterocycles. The molecular weight excluding hydrogens is 463 g/mol. The van der Waals surface area contributed by atoms with Crippen LogP contribution in [-0.4, -0.2) is 37.1 Å². The number of rotatable bonds is 8. The third kappa shape index (κ3) is 5.00. The topological polar surface area (TPSA) is 54.4 Å². The van der Waals surface area contributed by atoms with Gasteiger partial charge in [0, 0.05) is 0 Å². The van der Waals surface area contributed by atoms with Crippen molar-refractivity contribution in [3.8, 4) is 0 Å². The molecule has 140 valence electrons. The van der Waals surface area contributed by atoms with Gasteiger partial charge >= 0.3 is 166 Å². The van der Waals surface area contributed by atoms with Gasteiger partial charge in [-0.2, -0.15) is 0 Å². The molecule has 27 heavy (non-hydrogen) atoms. The van der Waals surface area contributed by atoms with Crippen molar-refractivity contribution in [2.75, 3.05) is 5.75 Å². The van der Waals surface area contributed by atoms with E-state index in [1.807, 2.05) is 18.2 Å². The summed E-state index contributed by atoms with van der Waals surface area (Å²) in [5.41, 5.74) is 0. The van der Waals surface area contributed by atoms with Crippen LogP contribution in [0, 0.1) is 0 Å². The minimum atomic E-state index is -3.91. The Bertz CT molecular complexity index is 846. The van der Waals surface area contributed by atoms with E-state index in [0.717, 1.165) is 10.9 Å². The molecule has 0 saturated carbocycles. The summed E-state index contributed by atoms with van der Waals surface area (Å²) in [4.78, 5) is 0. The van der Waals surface area contributed by atoms with Crippen molar-refractivity contribution in [2.24, 2.45) is 0 Å². The molecule has 0 aliphatic carbocycles. The van der Waals surface area contributed by atoms with Gasteiger partial charge in [-0.05, 0) is 0 Å². The molecule has 5 heteroatoms. The molecule has 0 atom stereocenters. The fourth-order valence-corrected chi connectivity index (χ4v) is 18.4. The number of hydrogen-bond donors (Lipinski definition) is 1. The van der Waals surface area contributed by atoms with Gasteiger partial charge in [0.1, 0.15) is 0 Å². The van der Waals surface area contributed by atoms with Gasteiger partial charge in [0.25, 0.3) is 0 Å². The SMILES string of the molecule is O=S(=O)(O)CCC[CH2][Sn]([c]1ccccc1)([c]1ccccc1)[c]1ccccc1. The van der Waals surface area contributed by atoms with E-state index in [4.69, 9.17) is 4.55 Å². The van der Waals surface area contributed by atoms with Crippen LogP contribution in [0.5, 0.6) is 0 Å². The molecule has 0 bridgehead atoms. The van der Waals surface area contributed by atoms with E-state index in [0.29, 0.717) is 6.42 Å². The number of unbranched alkanes of at least 4 members (excludes halogenated alkanes) is 1. The van der Waals surface area contributed by atoms with Crippen molar-refractivity contribution in [2.45, 2.75) is 17.3 Å². The van der Waals surface area contributed by atoms with Gasteiger partial charge in [-0.1, -0.05) is 0 Å². The van der Waals surface area contributed by atoms with Crippen LogP contribution in [0.2, 0.25) is 4.44 Å². The van der Waals surface area contributed by atoms with Crippen LogP contribution >= 0.6 is 0 Å². The van der Waals surface area contributed by atoms with E-state index >= 15 is 0 Å². The molecule has 0 saturated heterocycles. The average molecular weight is 487 g/mol. The molecule has 0 spiro atoms. The van der Waals surface area contributed by atoms with E-state index in [9.17, 15) is 8.42 Å². The van der Waals surface area contributed by atoms with Crippen molar-refractivity contribution in [1.29, 1.82) is 0 Å². The molecule has 3 aromatic rings. The summed E-state index contributed by atoms with van der Waals surface area (Å²) in [5.74, 6) is -0.173. The molecule has 3 aromatic carbocycles. The van der Waals surface area contributed by atoms with Gasteiger partial charge in [0.15, 0.2) is 0 Å². The van der Waals surface area contributed by atoms with Crippen molar-refractivity contribution >= 4 is 39.2 Å². The molecule has 3 rings (SSSR count). The van der Waals surface area contributed by atoms with Gasteiger partial charge in [-0.15, -0.1) is 0 Å². The first-order valence-corrected chi connectivity index (χ1v) is 17.0. The fraction of sp³-hybridized carbons (Fsp3) is 0.182. The van der Waals surface area contributed by atoms with Gasteiger partial charge in [-0.3, -0.25) is 0 Å². The average Bonchev–Trinajstić information content (AvgIpc) is 2.70. The van der Waals surface area contributed by atoms with Crippen LogP contribution in [-0.2, 0) is 10.1 Å². The third-order valence-corrected chi connectivity index (χ3v) is 20.3. The zero-order chi connectivity index (χ0) is 19.2. The van der Waals surface area contributed by atoms with Crippen molar-refractivity contribution in [3.05, 3.63) is 91.0 Å². The molecule has 0 aliphatic heterocycles. The zero-order valence-corrected chi connectivity index (χ0v) is 18.8. The first kappa shape index (κ1) is 20.1. The normalized spacial score (nSPS) is 12.0. The van der Waals surface area contributed by atoms with Crippen molar-refractivity contribution < 1.29 is 13.0 Å². The van der Waals surface area contributed by atoms with E-state index in [2.05, 4.69) is 72.8 Å². The second-order valence-corrected chi connectivity index (χ2v) is 19.9. The van der Waals surface area contributed by atoms with Crippen LogP contribution in [0.25, 0.3) is 0 Å². The number of hydrogen-bond acceptors (Lipinski definition) is 2. The molecular formula is C22H24O3SSn. The Morgan fingerprint density at radius 2 is 1.00 bits per heavy atom. The van der Waals surface area contributed by atoms with Crippen LogP contribution in [0.15, 0.2) is 91.0 Å². The summed E-state index contributed by atoms with van der Waals surface area (Å²) in [6, 6.07) is 32.0. The van der Waals surface area contributed by atoms with Gasteiger partial charge in [0.05, 0.1) is 0 Å². The summed E-state index contributed by atoms with van der Waals surface area (Å²) >= 11 is -3.28. The van der Waals surface area contributed by atoms with E-state index in [-0.39, 0.29) is 5.75 Å². The molecule has 0 unspecified atom stereocenters. The van der Waals surface area contributed by atoms with Crippen LogP contribution in [0.1, 0.15) is 12.8 Å². The van der Waals surface area contributed by atoms with E-state index < -0.39 is 28.5 Å². The maximum atomic E-state index is 11.1. The standard InChI is InChI=1S/3C6H5.C4H9O3S.Sn/c3*1-2-4-6-5-3-1;1-2-3-4-8(5,6)7;/h3*1-5H;1-4H2,(H,5,6,7);. The molecule has 0 aliphatic rings. The summed E-state index contributed by atoms with van der Waals surface area (Å²) in [6.07, 6.45) is 1.25. The Hall–Kier alpha value is -1.63. The molecule has 0 amide bonds. The predicted octanol–water partition coefficient (Wildman–Crippen LogP) is 2.82. The van der Waals surface area contributed by atoms with Crippen LogP contribution in [0.3, 0.4) is 0 Å². The van der Waals surface area contributed by atoms with Crippen LogP contribution in [0.4, 0.5) is 0 Å². The third-order valence-electron chi connectivity index (χ3n) is 5.00. The first-order valence-electron chi connectivity index (χ1n) is 9.14. The second kappa shape index (κ2) is 9.04. The molecule has 0 fully saturated rings. The monoisotopic (exact) mass is 488 g/mol. The Labute approximate surface area is 165 Å². The van der Waals surface area contributed by atoms with Crippen molar-refractivity contribution in [3.63, 3.8) is 0 Å². The Kier molecular flexibility index (Phi) is 6.73. The van der Waals surface area contributed by atoms with Crippen molar-refractivity contribution in [1.82, 2.24) is 0 Å². The quantitative estimate of drug-likeness (QED) is 0.302. The Balaban J connectivity index is 2.08. The summed E-state index contributed by atoms with van der Waals surface area (Å²) in [5, 5.41) is 0.